The summed E-state index contributed by atoms with van der Waals surface area (Å²) in [6, 6.07) is 8.58. The number of ketones is 1. The summed E-state index contributed by atoms with van der Waals surface area (Å²) in [5.74, 6) is -2.17. The Morgan fingerprint density at radius 1 is 1.09 bits per heavy atom. The molecule has 1 aromatic rings. The zero-order valence-corrected chi connectivity index (χ0v) is 20.5. The lowest BCUT2D eigenvalue weighted by Crippen LogP contribution is -2.72. The van der Waals surface area contributed by atoms with Crippen LogP contribution >= 0.6 is 0 Å². The number of ether oxygens (including phenoxy) is 2. The van der Waals surface area contributed by atoms with E-state index in [4.69, 9.17) is 9.47 Å². The number of fused-ring (bicyclic) bond motifs is 4. The van der Waals surface area contributed by atoms with Crippen molar-refractivity contribution in [2.75, 3.05) is 0 Å². The highest BCUT2D eigenvalue weighted by molar-refractivity contribution is 5.96. The van der Waals surface area contributed by atoms with Crippen molar-refractivity contribution in [1.82, 2.24) is 0 Å². The molecule has 3 N–H and O–H groups in total. The second-order valence-electron chi connectivity index (χ2n) is 12.1. The molecule has 3 saturated carbocycles. The quantitative estimate of drug-likeness (QED) is 0.447. The van der Waals surface area contributed by atoms with Crippen molar-refractivity contribution in [2.45, 2.75) is 90.0 Å². The van der Waals surface area contributed by atoms with Crippen LogP contribution in [0, 0.1) is 28.1 Å². The van der Waals surface area contributed by atoms with Crippen molar-refractivity contribution < 1.29 is 34.4 Å². The summed E-state index contributed by atoms with van der Waals surface area (Å²) in [6.45, 7) is 9.38. The van der Waals surface area contributed by atoms with Crippen molar-refractivity contribution in [2.24, 2.45) is 28.1 Å². The molecule has 186 valence electrons. The lowest BCUT2D eigenvalue weighted by atomic mass is 9.45. The second kappa shape index (κ2) is 7.36. The van der Waals surface area contributed by atoms with Gasteiger partial charge in [0.2, 0.25) is 0 Å². The summed E-state index contributed by atoms with van der Waals surface area (Å²) in [5, 5.41) is 34.6. The lowest BCUT2D eigenvalue weighted by molar-refractivity contribution is -0.218. The Kier molecular flexibility index (Phi) is 5.17. The fraction of sp³-hybridized carbons (Fsp3) is 0.704. The van der Waals surface area contributed by atoms with E-state index >= 15 is 0 Å². The minimum atomic E-state index is -1.83. The van der Waals surface area contributed by atoms with Gasteiger partial charge in [-0.25, -0.2) is 4.79 Å². The number of carbonyl (C=O) groups is 2. The van der Waals surface area contributed by atoms with Gasteiger partial charge >= 0.3 is 5.97 Å². The largest absolute Gasteiger partial charge is 0.458 e. The molecule has 0 amide bonds. The average molecular weight is 473 g/mol. The van der Waals surface area contributed by atoms with E-state index in [0.717, 1.165) is 0 Å². The van der Waals surface area contributed by atoms with Crippen LogP contribution in [-0.4, -0.2) is 63.2 Å². The molecule has 10 atom stereocenters. The Hall–Kier alpha value is -1.80. The maximum atomic E-state index is 14.2. The first-order valence-corrected chi connectivity index (χ1v) is 12.3. The van der Waals surface area contributed by atoms with Crippen LogP contribution in [-0.2, 0) is 14.3 Å². The maximum absolute atomic E-state index is 14.2. The Labute approximate surface area is 200 Å². The van der Waals surface area contributed by atoms with E-state index in [9.17, 15) is 24.9 Å². The number of hydrogen-bond acceptors (Lipinski definition) is 7. The zero-order valence-electron chi connectivity index (χ0n) is 20.5. The van der Waals surface area contributed by atoms with E-state index in [1.54, 1.807) is 37.3 Å². The van der Waals surface area contributed by atoms with Crippen molar-refractivity contribution >= 4 is 11.8 Å². The van der Waals surface area contributed by atoms with E-state index in [0.29, 0.717) is 18.4 Å². The molecule has 3 aliphatic carbocycles. The van der Waals surface area contributed by atoms with Gasteiger partial charge in [-0.3, -0.25) is 4.79 Å². The summed E-state index contributed by atoms with van der Waals surface area (Å²) in [7, 11) is 0. The van der Waals surface area contributed by atoms with Crippen LogP contribution < -0.4 is 0 Å². The highest BCUT2D eigenvalue weighted by Crippen LogP contribution is 2.68. The van der Waals surface area contributed by atoms with Crippen molar-refractivity contribution in [3.8, 4) is 0 Å². The standard InChI is InChI=1S/C27H36O7/c1-14-13-27(32)17(18(14)33-22(30)15-9-7-6-8-10-15)19(29)25(4)12-11-16(28)24(2,3)20-21(34-20)26(25,5)23(27)31/h6-10,14,16-21,28-29,32H,11-13H2,1-5H3/t14-,16-,17+,18-,19+,20+,21+,25-,26+,27+/m0/s1. The fourth-order valence-electron chi connectivity index (χ4n) is 7.40. The number of aliphatic hydroxyl groups is 3. The van der Waals surface area contributed by atoms with E-state index in [1.807, 2.05) is 27.7 Å². The minimum Gasteiger partial charge on any atom is -0.458 e. The minimum absolute atomic E-state index is 0.107. The van der Waals surface area contributed by atoms with Crippen LogP contribution in [0.25, 0.3) is 0 Å². The van der Waals surface area contributed by atoms with Gasteiger partial charge in [-0.15, -0.1) is 0 Å². The lowest BCUT2D eigenvalue weighted by Gasteiger charge is -2.59. The summed E-state index contributed by atoms with van der Waals surface area (Å²) in [5.41, 5.74) is -4.11. The smallest absolute Gasteiger partial charge is 0.338 e. The van der Waals surface area contributed by atoms with Gasteiger partial charge in [-0.05, 0) is 44.2 Å². The Bertz CT molecular complexity index is 1010. The molecule has 0 unspecified atom stereocenters. The Morgan fingerprint density at radius 2 is 1.74 bits per heavy atom. The molecule has 1 aliphatic heterocycles. The van der Waals surface area contributed by atoms with Crippen molar-refractivity contribution in [3.63, 3.8) is 0 Å². The van der Waals surface area contributed by atoms with Crippen LogP contribution in [0.15, 0.2) is 30.3 Å². The molecule has 4 aliphatic rings. The zero-order chi connectivity index (χ0) is 24.8. The van der Waals surface area contributed by atoms with Crippen LogP contribution in [0.4, 0.5) is 0 Å². The first-order valence-electron chi connectivity index (χ1n) is 12.3. The molecule has 34 heavy (non-hydrogen) atoms. The van der Waals surface area contributed by atoms with Crippen LogP contribution in [0.3, 0.4) is 0 Å². The normalized spacial score (nSPS) is 49.2. The third-order valence-electron chi connectivity index (χ3n) is 9.99. The molecular formula is C27H36O7. The van der Waals surface area contributed by atoms with Gasteiger partial charge in [-0.2, -0.15) is 0 Å². The molecule has 0 aromatic heterocycles. The summed E-state index contributed by atoms with van der Waals surface area (Å²) < 4.78 is 11.9. The number of aliphatic hydroxyl groups excluding tert-OH is 2. The molecule has 0 spiro atoms. The number of Topliss-reactive ketones (excluding diaryl/α,β-unsaturated/α-hetero) is 1. The second-order valence-corrected chi connectivity index (χ2v) is 12.1. The summed E-state index contributed by atoms with van der Waals surface area (Å²) in [4.78, 5) is 27.1. The SMILES string of the molecule is C[C@H]1C[C@]2(O)C(=O)[C@@]3(C)[C@@H]4O[C@H]4C(C)(C)[C@@H](O)CC[C@@]3(C)[C@H](O)[C@H]2[C@H]1OC(=O)c1ccccc1. The molecule has 0 bridgehead atoms. The fourth-order valence-corrected chi connectivity index (χ4v) is 7.40. The number of rotatable bonds is 2. The number of hydrogen-bond donors (Lipinski definition) is 3. The highest BCUT2D eigenvalue weighted by atomic mass is 16.6. The first-order chi connectivity index (χ1) is 15.8. The summed E-state index contributed by atoms with van der Waals surface area (Å²) in [6.07, 6.45) is -2.56. The van der Waals surface area contributed by atoms with Gasteiger partial charge in [0.1, 0.15) is 11.7 Å². The molecule has 5 rings (SSSR count). The first kappa shape index (κ1) is 23.9. The molecule has 7 nitrogen and oxygen atoms in total. The number of epoxide rings is 1. The molecule has 1 saturated heterocycles. The van der Waals surface area contributed by atoms with Gasteiger partial charge in [0.05, 0.1) is 41.3 Å². The number of esters is 1. The van der Waals surface area contributed by atoms with Crippen LogP contribution in [0.2, 0.25) is 0 Å². The Balaban J connectivity index is 1.54. The highest BCUT2D eigenvalue weighted by Gasteiger charge is 2.79. The van der Waals surface area contributed by atoms with Crippen LogP contribution in [0.5, 0.6) is 0 Å². The summed E-state index contributed by atoms with van der Waals surface area (Å²) >= 11 is 0. The van der Waals surface area contributed by atoms with E-state index in [1.165, 1.54) is 0 Å². The van der Waals surface area contributed by atoms with E-state index in [2.05, 4.69) is 0 Å². The molecular weight excluding hydrogens is 436 g/mol. The number of carbonyl (C=O) groups excluding carboxylic acids is 2. The van der Waals surface area contributed by atoms with Crippen molar-refractivity contribution in [1.29, 1.82) is 0 Å². The molecule has 1 heterocycles. The molecule has 0 radical (unpaired) electrons. The third kappa shape index (κ3) is 2.90. The maximum Gasteiger partial charge on any atom is 0.338 e. The van der Waals surface area contributed by atoms with E-state index < -0.39 is 58.1 Å². The topological polar surface area (TPSA) is 117 Å². The Morgan fingerprint density at radius 3 is 2.38 bits per heavy atom. The predicted molar refractivity (Wildman–Crippen MR) is 123 cm³/mol. The van der Waals surface area contributed by atoms with Gasteiger partial charge in [0.15, 0.2) is 5.78 Å². The van der Waals surface area contributed by atoms with Gasteiger partial charge in [-0.1, -0.05) is 45.9 Å². The molecule has 4 fully saturated rings. The average Bonchev–Trinajstić information content (AvgIpc) is 3.57. The van der Waals surface area contributed by atoms with Gasteiger partial charge in [0, 0.05) is 10.8 Å². The molecule has 7 heteroatoms. The number of benzene rings is 1. The molecule has 1 aromatic carbocycles. The van der Waals surface area contributed by atoms with Crippen molar-refractivity contribution in [3.05, 3.63) is 35.9 Å². The third-order valence-corrected chi connectivity index (χ3v) is 9.99. The van der Waals surface area contributed by atoms with E-state index in [-0.39, 0.29) is 24.2 Å². The van der Waals surface area contributed by atoms with Gasteiger partial charge < -0.3 is 24.8 Å². The predicted octanol–water partition coefficient (Wildman–Crippen LogP) is 2.50. The monoisotopic (exact) mass is 472 g/mol. The van der Waals surface area contributed by atoms with Gasteiger partial charge in [0.25, 0.3) is 0 Å². The van der Waals surface area contributed by atoms with Crippen LogP contribution in [0.1, 0.15) is 64.2 Å².